The van der Waals surface area contributed by atoms with E-state index in [-0.39, 0.29) is 0 Å². The number of hydrogen-bond acceptors (Lipinski definition) is 1. The van der Waals surface area contributed by atoms with Crippen molar-refractivity contribution in [2.75, 3.05) is 0 Å². The zero-order valence-electron chi connectivity index (χ0n) is 13.2. The average molecular weight is 250 g/mol. The fourth-order valence-electron chi connectivity index (χ4n) is 0.776. The van der Waals surface area contributed by atoms with Crippen LogP contribution in [0.5, 0.6) is 0 Å². The summed E-state index contributed by atoms with van der Waals surface area (Å²) in [6, 6.07) is 0. The molecular formula is C16H30N2. The van der Waals surface area contributed by atoms with Crippen molar-refractivity contribution in [2.24, 2.45) is 7.05 Å². The van der Waals surface area contributed by atoms with Crippen molar-refractivity contribution >= 4 is 0 Å². The molecule has 0 aliphatic heterocycles. The molecule has 0 saturated carbocycles. The summed E-state index contributed by atoms with van der Waals surface area (Å²) in [4.78, 5) is 0. The lowest BCUT2D eigenvalue weighted by Crippen LogP contribution is -1.83. The summed E-state index contributed by atoms with van der Waals surface area (Å²) in [6.45, 7) is 19.1. The van der Waals surface area contributed by atoms with E-state index in [0.29, 0.717) is 0 Å². The van der Waals surface area contributed by atoms with Crippen molar-refractivity contribution in [3.05, 3.63) is 54.9 Å². The van der Waals surface area contributed by atoms with Gasteiger partial charge in [-0.25, -0.2) is 0 Å². The van der Waals surface area contributed by atoms with E-state index in [9.17, 15) is 0 Å². The Hall–Kier alpha value is -1.57. The molecule has 0 amide bonds. The van der Waals surface area contributed by atoms with E-state index in [1.54, 1.807) is 10.8 Å². The van der Waals surface area contributed by atoms with Crippen molar-refractivity contribution < 1.29 is 0 Å². The predicted octanol–water partition coefficient (Wildman–Crippen LogP) is 5.09. The third kappa shape index (κ3) is 19.9. The van der Waals surface area contributed by atoms with E-state index in [1.807, 2.05) is 73.1 Å². The summed E-state index contributed by atoms with van der Waals surface area (Å²) in [5.41, 5.74) is 2.27. The predicted molar refractivity (Wildman–Crippen MR) is 84.8 cm³/mol. The van der Waals surface area contributed by atoms with E-state index < -0.39 is 0 Å². The van der Waals surface area contributed by atoms with Crippen molar-refractivity contribution in [1.29, 1.82) is 0 Å². The number of nitrogens with zero attached hydrogens (tertiary/aromatic N) is 2. The first kappa shape index (κ1) is 21.7. The monoisotopic (exact) mass is 250 g/mol. The van der Waals surface area contributed by atoms with Gasteiger partial charge in [-0.15, -0.1) is 0 Å². The van der Waals surface area contributed by atoms with Gasteiger partial charge in [0.05, 0.1) is 6.20 Å². The maximum absolute atomic E-state index is 3.93. The summed E-state index contributed by atoms with van der Waals surface area (Å²) in [5.74, 6) is 0. The summed E-state index contributed by atoms with van der Waals surface area (Å²) < 4.78 is 1.79. The van der Waals surface area contributed by atoms with Crippen LogP contribution >= 0.6 is 0 Å². The highest BCUT2D eigenvalue weighted by Crippen LogP contribution is 1.88. The molecule has 18 heavy (non-hydrogen) atoms. The first-order valence-electron chi connectivity index (χ1n) is 6.46. The summed E-state index contributed by atoms with van der Waals surface area (Å²) >= 11 is 0. The van der Waals surface area contributed by atoms with E-state index in [0.717, 1.165) is 5.57 Å². The second-order valence-corrected chi connectivity index (χ2v) is 3.13. The van der Waals surface area contributed by atoms with Crippen LogP contribution in [-0.2, 0) is 7.05 Å². The molecule has 1 heterocycles. The first-order valence-corrected chi connectivity index (χ1v) is 6.46. The summed E-state index contributed by atoms with van der Waals surface area (Å²) in [6.07, 6.45) is 9.31. The molecule has 0 fully saturated rings. The van der Waals surface area contributed by atoms with Gasteiger partial charge in [-0.2, -0.15) is 5.10 Å². The normalized spacial score (nSPS) is 7.94. The zero-order valence-corrected chi connectivity index (χ0v) is 13.2. The molecule has 0 radical (unpaired) electrons. The molecule has 104 valence electrons. The quantitative estimate of drug-likeness (QED) is 0.669. The third-order valence-corrected chi connectivity index (χ3v) is 1.35. The minimum Gasteiger partial charge on any atom is -0.276 e. The van der Waals surface area contributed by atoms with Crippen molar-refractivity contribution in [1.82, 2.24) is 9.78 Å². The van der Waals surface area contributed by atoms with Crippen molar-refractivity contribution in [3.63, 3.8) is 0 Å². The van der Waals surface area contributed by atoms with Gasteiger partial charge in [-0.3, -0.25) is 4.68 Å². The standard InChI is InChI=1S/C7H10.C5H8N2.2C2H6/c1-4-5-6-7(2)3;1-5-3-6-7(2)4-5;2*1-2/h4-6H,1-2H2,3H3;3-4H,1-2H3;2*1-2H3/b6-5-;;;. The highest BCUT2D eigenvalue weighted by molar-refractivity contribution is 5.15. The van der Waals surface area contributed by atoms with Crippen LogP contribution in [0.3, 0.4) is 0 Å². The van der Waals surface area contributed by atoms with Crippen molar-refractivity contribution in [2.45, 2.75) is 41.5 Å². The lowest BCUT2D eigenvalue weighted by molar-refractivity contribution is 0.767. The SMILES string of the molecule is C=C/C=C\C(=C)C.CC.CC.Cc1cnn(C)c1. The molecule has 1 aromatic rings. The molecule has 0 unspecified atom stereocenters. The lowest BCUT2D eigenvalue weighted by Gasteiger charge is -1.78. The van der Waals surface area contributed by atoms with Gasteiger partial charge in [0, 0.05) is 13.2 Å². The molecule has 2 heteroatoms. The smallest absolute Gasteiger partial charge is 0.0518 e. The van der Waals surface area contributed by atoms with Gasteiger partial charge in [0.25, 0.3) is 0 Å². The van der Waals surface area contributed by atoms with Gasteiger partial charge < -0.3 is 0 Å². The Labute approximate surface area is 114 Å². The van der Waals surface area contributed by atoms with Gasteiger partial charge in [0.1, 0.15) is 0 Å². The van der Waals surface area contributed by atoms with Crippen LogP contribution in [0.1, 0.15) is 40.2 Å². The van der Waals surface area contributed by atoms with Crippen molar-refractivity contribution in [3.8, 4) is 0 Å². The van der Waals surface area contributed by atoms with Crippen LogP contribution < -0.4 is 0 Å². The Kier molecular flexibility index (Phi) is 21.5. The fraction of sp³-hybridized carbons (Fsp3) is 0.438. The molecule has 1 rings (SSSR count). The Morgan fingerprint density at radius 1 is 1.28 bits per heavy atom. The van der Waals surface area contributed by atoms with Crippen LogP contribution in [0.15, 0.2) is 49.4 Å². The Balaban J connectivity index is -0.000000196. The van der Waals surface area contributed by atoms with E-state index >= 15 is 0 Å². The molecule has 0 aliphatic carbocycles. The second-order valence-electron chi connectivity index (χ2n) is 3.13. The highest BCUT2D eigenvalue weighted by atomic mass is 15.2. The Bertz CT molecular complexity index is 303. The van der Waals surface area contributed by atoms with Gasteiger partial charge in [0.2, 0.25) is 0 Å². The zero-order chi connectivity index (χ0) is 15.0. The molecule has 0 atom stereocenters. The summed E-state index contributed by atoms with van der Waals surface area (Å²) in [5, 5.41) is 3.93. The van der Waals surface area contributed by atoms with Gasteiger partial charge >= 0.3 is 0 Å². The largest absolute Gasteiger partial charge is 0.276 e. The van der Waals surface area contributed by atoms with Crippen LogP contribution in [0.25, 0.3) is 0 Å². The highest BCUT2D eigenvalue weighted by Gasteiger charge is 1.81. The Morgan fingerprint density at radius 2 is 1.78 bits per heavy atom. The van der Waals surface area contributed by atoms with Crippen LogP contribution in [-0.4, -0.2) is 9.78 Å². The number of hydrogen-bond donors (Lipinski definition) is 0. The molecule has 1 aromatic heterocycles. The lowest BCUT2D eigenvalue weighted by atomic mass is 10.3. The minimum absolute atomic E-state index is 1.06. The number of allylic oxidation sites excluding steroid dienone is 4. The second kappa shape index (κ2) is 17.8. The maximum atomic E-state index is 3.93. The molecule has 0 aromatic carbocycles. The Morgan fingerprint density at radius 3 is 1.89 bits per heavy atom. The maximum Gasteiger partial charge on any atom is 0.0518 e. The van der Waals surface area contributed by atoms with Crippen LogP contribution in [0.2, 0.25) is 0 Å². The van der Waals surface area contributed by atoms with Gasteiger partial charge in [-0.05, 0) is 19.4 Å². The molecular weight excluding hydrogens is 220 g/mol. The van der Waals surface area contributed by atoms with Crippen LogP contribution in [0.4, 0.5) is 0 Å². The molecule has 0 saturated heterocycles. The van der Waals surface area contributed by atoms with Gasteiger partial charge in [-0.1, -0.05) is 64.7 Å². The van der Waals surface area contributed by atoms with E-state index in [1.165, 1.54) is 5.56 Å². The average Bonchev–Trinajstić information content (AvgIpc) is 2.76. The number of rotatable bonds is 2. The number of aromatic nitrogens is 2. The molecule has 0 N–H and O–H groups in total. The topological polar surface area (TPSA) is 17.8 Å². The van der Waals surface area contributed by atoms with E-state index in [2.05, 4.69) is 18.3 Å². The molecule has 0 spiro atoms. The van der Waals surface area contributed by atoms with E-state index in [4.69, 9.17) is 0 Å². The third-order valence-electron chi connectivity index (χ3n) is 1.35. The van der Waals surface area contributed by atoms with Crippen LogP contribution in [0, 0.1) is 6.92 Å². The number of aryl methyl sites for hydroxylation is 2. The minimum atomic E-state index is 1.06. The fourth-order valence-corrected chi connectivity index (χ4v) is 0.776. The summed E-state index contributed by atoms with van der Waals surface area (Å²) in [7, 11) is 1.91. The van der Waals surface area contributed by atoms with Gasteiger partial charge in [0.15, 0.2) is 0 Å². The first-order chi connectivity index (χ1) is 8.56. The molecule has 0 aliphatic rings. The molecule has 2 nitrogen and oxygen atoms in total. The molecule has 0 bridgehead atoms.